The predicted octanol–water partition coefficient (Wildman–Crippen LogP) is -0.0822. The summed E-state index contributed by atoms with van der Waals surface area (Å²) in [5.74, 6) is -1.01. The maximum atomic E-state index is 12.4. The molecule has 2 fully saturated rings. The van der Waals surface area contributed by atoms with Crippen LogP contribution in [-0.4, -0.2) is 90.8 Å². The lowest BCUT2D eigenvalue weighted by Gasteiger charge is -2.39. The number of likely N-dealkylation sites (tertiary alicyclic amines) is 1. The number of morpholine rings is 1. The highest BCUT2D eigenvalue weighted by atomic mass is 16.5. The number of hydrogen-bond acceptors (Lipinski definition) is 4. The van der Waals surface area contributed by atoms with Crippen molar-refractivity contribution >= 4 is 12.0 Å². The summed E-state index contributed by atoms with van der Waals surface area (Å²) in [6, 6.07) is 0.465. The predicted molar refractivity (Wildman–Crippen MR) is 72.6 cm³/mol. The van der Waals surface area contributed by atoms with Crippen LogP contribution in [0.5, 0.6) is 0 Å². The number of carbonyl (C=O) groups excluding carboxylic acids is 1. The van der Waals surface area contributed by atoms with Gasteiger partial charge in [0, 0.05) is 25.7 Å². The summed E-state index contributed by atoms with van der Waals surface area (Å²) < 4.78 is 5.14. The van der Waals surface area contributed by atoms with Crippen LogP contribution in [0.15, 0.2) is 0 Å². The molecule has 7 nitrogen and oxygen atoms in total. The van der Waals surface area contributed by atoms with Gasteiger partial charge in [-0.2, -0.15) is 0 Å². The van der Waals surface area contributed by atoms with Gasteiger partial charge in [0.1, 0.15) is 0 Å². The normalized spacial score (nSPS) is 25.1. The molecule has 0 spiro atoms. The van der Waals surface area contributed by atoms with E-state index in [9.17, 15) is 9.59 Å². The molecule has 0 radical (unpaired) electrons. The molecule has 0 aromatic heterocycles. The SMILES string of the molecule is CN(C)C1CCN(C(=O)N2CCOC(C(=O)O)C2)CC1. The van der Waals surface area contributed by atoms with Crippen LogP contribution in [0.4, 0.5) is 4.79 Å². The zero-order valence-corrected chi connectivity index (χ0v) is 12.1. The molecule has 0 aliphatic carbocycles. The molecule has 0 aromatic carbocycles. The van der Waals surface area contributed by atoms with Crippen molar-refractivity contribution in [3.63, 3.8) is 0 Å². The van der Waals surface area contributed by atoms with Crippen LogP contribution in [0.2, 0.25) is 0 Å². The van der Waals surface area contributed by atoms with Crippen molar-refractivity contribution in [2.24, 2.45) is 0 Å². The lowest BCUT2D eigenvalue weighted by Crippen LogP contribution is -2.55. The Balaban J connectivity index is 1.87. The number of aliphatic carboxylic acids is 1. The van der Waals surface area contributed by atoms with Gasteiger partial charge in [-0.3, -0.25) is 0 Å². The van der Waals surface area contributed by atoms with E-state index in [1.165, 1.54) is 0 Å². The van der Waals surface area contributed by atoms with Gasteiger partial charge in [0.2, 0.25) is 0 Å². The monoisotopic (exact) mass is 285 g/mol. The number of hydrogen-bond donors (Lipinski definition) is 1. The van der Waals surface area contributed by atoms with Gasteiger partial charge in [0.05, 0.1) is 13.2 Å². The Bertz CT molecular complexity index is 367. The molecule has 0 saturated carbocycles. The van der Waals surface area contributed by atoms with Crippen LogP contribution in [0, 0.1) is 0 Å². The first kappa shape index (κ1) is 15.1. The molecule has 2 saturated heterocycles. The van der Waals surface area contributed by atoms with Gasteiger partial charge in [0.25, 0.3) is 0 Å². The van der Waals surface area contributed by atoms with Gasteiger partial charge in [-0.05, 0) is 26.9 Å². The summed E-state index contributed by atoms with van der Waals surface area (Å²) in [5, 5.41) is 8.96. The molecule has 20 heavy (non-hydrogen) atoms. The summed E-state index contributed by atoms with van der Waals surface area (Å²) in [6.07, 6.45) is 1.03. The first-order valence-corrected chi connectivity index (χ1v) is 7.03. The van der Waals surface area contributed by atoms with Gasteiger partial charge in [-0.1, -0.05) is 0 Å². The van der Waals surface area contributed by atoms with Gasteiger partial charge in [-0.25, -0.2) is 9.59 Å². The number of rotatable bonds is 2. The molecule has 2 aliphatic heterocycles. The van der Waals surface area contributed by atoms with Gasteiger partial charge in [0.15, 0.2) is 6.10 Å². The molecule has 0 bridgehead atoms. The minimum Gasteiger partial charge on any atom is -0.479 e. The van der Waals surface area contributed by atoms with E-state index < -0.39 is 12.1 Å². The van der Waals surface area contributed by atoms with Gasteiger partial charge in [-0.15, -0.1) is 0 Å². The largest absolute Gasteiger partial charge is 0.479 e. The number of carbonyl (C=O) groups is 2. The summed E-state index contributed by atoms with van der Waals surface area (Å²) >= 11 is 0. The van der Waals surface area contributed by atoms with Crippen molar-refractivity contribution in [2.45, 2.75) is 25.0 Å². The maximum Gasteiger partial charge on any atom is 0.334 e. The molecule has 7 heteroatoms. The van der Waals surface area contributed by atoms with Crippen molar-refractivity contribution in [1.82, 2.24) is 14.7 Å². The van der Waals surface area contributed by atoms with E-state index in [1.807, 2.05) is 4.90 Å². The molecule has 1 N–H and O–H groups in total. The third-order valence-electron chi connectivity index (χ3n) is 4.08. The van der Waals surface area contributed by atoms with Crippen LogP contribution in [0.25, 0.3) is 0 Å². The standard InChI is InChI=1S/C13H23N3O4/c1-14(2)10-3-5-15(6-4-10)13(19)16-7-8-20-11(9-16)12(17)18/h10-11H,3-9H2,1-2H3,(H,17,18). The Morgan fingerprint density at radius 1 is 1.15 bits per heavy atom. The summed E-state index contributed by atoms with van der Waals surface area (Å²) in [7, 11) is 4.11. The summed E-state index contributed by atoms with van der Waals surface area (Å²) in [4.78, 5) is 28.9. The fourth-order valence-corrected chi connectivity index (χ4v) is 2.75. The average molecular weight is 285 g/mol. The molecular weight excluding hydrogens is 262 g/mol. The topological polar surface area (TPSA) is 73.3 Å². The third-order valence-corrected chi connectivity index (χ3v) is 4.08. The van der Waals surface area contributed by atoms with Crippen molar-refractivity contribution in [1.29, 1.82) is 0 Å². The number of carboxylic acids is 1. The molecule has 2 rings (SSSR count). The van der Waals surface area contributed by atoms with Crippen LogP contribution < -0.4 is 0 Å². The molecule has 114 valence electrons. The van der Waals surface area contributed by atoms with Crippen LogP contribution in [0.3, 0.4) is 0 Å². The quantitative estimate of drug-likeness (QED) is 0.768. The molecule has 1 unspecified atom stereocenters. The van der Waals surface area contributed by atoms with Crippen molar-refractivity contribution in [3.05, 3.63) is 0 Å². The second-order valence-electron chi connectivity index (χ2n) is 5.61. The maximum absolute atomic E-state index is 12.4. The zero-order valence-electron chi connectivity index (χ0n) is 12.1. The number of piperidine rings is 1. The van der Waals surface area contributed by atoms with Crippen LogP contribution in [0.1, 0.15) is 12.8 Å². The van der Waals surface area contributed by atoms with Crippen LogP contribution in [-0.2, 0) is 9.53 Å². The Labute approximate surface area is 119 Å². The molecule has 2 aliphatic rings. The van der Waals surface area contributed by atoms with Crippen LogP contribution >= 0.6 is 0 Å². The highest BCUT2D eigenvalue weighted by molar-refractivity contribution is 5.77. The van der Waals surface area contributed by atoms with E-state index in [0.29, 0.717) is 12.6 Å². The smallest absolute Gasteiger partial charge is 0.334 e. The highest BCUT2D eigenvalue weighted by Gasteiger charge is 2.32. The number of ether oxygens (including phenoxy) is 1. The Morgan fingerprint density at radius 2 is 1.80 bits per heavy atom. The Kier molecular flexibility index (Phi) is 4.82. The van der Waals surface area contributed by atoms with E-state index in [4.69, 9.17) is 9.84 Å². The first-order valence-electron chi connectivity index (χ1n) is 7.03. The second kappa shape index (κ2) is 6.41. The summed E-state index contributed by atoms with van der Waals surface area (Å²) in [6.45, 7) is 2.36. The van der Waals surface area contributed by atoms with Gasteiger partial charge >= 0.3 is 12.0 Å². The van der Waals surface area contributed by atoms with E-state index in [2.05, 4.69) is 19.0 Å². The number of urea groups is 1. The molecule has 0 aromatic rings. The van der Waals surface area contributed by atoms with Crippen molar-refractivity contribution in [2.75, 3.05) is 46.9 Å². The van der Waals surface area contributed by atoms with E-state index >= 15 is 0 Å². The van der Waals surface area contributed by atoms with Crippen molar-refractivity contribution < 1.29 is 19.4 Å². The third kappa shape index (κ3) is 3.40. The molecule has 2 amide bonds. The van der Waals surface area contributed by atoms with Crippen molar-refractivity contribution in [3.8, 4) is 0 Å². The van der Waals surface area contributed by atoms with E-state index in [0.717, 1.165) is 25.9 Å². The fraction of sp³-hybridized carbons (Fsp3) is 0.846. The number of carboxylic acid groups (broad SMARTS) is 1. The molecular formula is C13H23N3O4. The number of amides is 2. The van der Waals surface area contributed by atoms with E-state index in [-0.39, 0.29) is 19.2 Å². The Morgan fingerprint density at radius 3 is 2.35 bits per heavy atom. The average Bonchev–Trinajstić information content (AvgIpc) is 2.46. The Hall–Kier alpha value is -1.34. The zero-order chi connectivity index (χ0) is 14.7. The summed E-state index contributed by atoms with van der Waals surface area (Å²) in [5.41, 5.74) is 0. The second-order valence-corrected chi connectivity index (χ2v) is 5.61. The fourth-order valence-electron chi connectivity index (χ4n) is 2.75. The minimum absolute atomic E-state index is 0.0586. The molecule has 2 heterocycles. The molecule has 1 atom stereocenters. The highest BCUT2D eigenvalue weighted by Crippen LogP contribution is 2.17. The van der Waals surface area contributed by atoms with Gasteiger partial charge < -0.3 is 24.5 Å². The van der Waals surface area contributed by atoms with E-state index in [1.54, 1.807) is 4.90 Å². The minimum atomic E-state index is -1.01. The lowest BCUT2D eigenvalue weighted by molar-refractivity contribution is -0.154. The first-order chi connectivity index (χ1) is 9.49. The number of nitrogens with zero attached hydrogens (tertiary/aromatic N) is 3. The lowest BCUT2D eigenvalue weighted by atomic mass is 10.0.